The number of allylic oxidation sites excluding steroid dienone is 2. The van der Waals surface area contributed by atoms with E-state index in [1.807, 2.05) is 13.8 Å². The highest BCUT2D eigenvalue weighted by molar-refractivity contribution is 5.96. The van der Waals surface area contributed by atoms with Gasteiger partial charge in [0, 0.05) is 6.42 Å². The molecule has 1 rings (SSSR count). The molecule has 11 heavy (non-hydrogen) atoms. The molecule has 2 heteroatoms. The molecule has 0 atom stereocenters. The highest BCUT2D eigenvalue weighted by atomic mass is 16.1. The van der Waals surface area contributed by atoms with Crippen LogP contribution in [-0.2, 0) is 9.59 Å². The molecule has 0 aromatic carbocycles. The summed E-state index contributed by atoms with van der Waals surface area (Å²) < 4.78 is 0. The molecule has 1 aliphatic rings. The summed E-state index contributed by atoms with van der Waals surface area (Å²) in [6, 6.07) is 0. The predicted molar refractivity (Wildman–Crippen MR) is 42.2 cm³/mol. The summed E-state index contributed by atoms with van der Waals surface area (Å²) in [5.41, 5.74) is 0.605. The fraction of sp³-hybridized carbons (Fsp3) is 0.556. The van der Waals surface area contributed by atoms with Gasteiger partial charge in [0.05, 0.1) is 0 Å². The minimum Gasteiger partial charge on any atom is -0.298 e. The van der Waals surface area contributed by atoms with E-state index < -0.39 is 0 Å². The molecule has 0 saturated carbocycles. The second-order valence-corrected chi connectivity index (χ2v) is 3.82. The summed E-state index contributed by atoms with van der Waals surface area (Å²) >= 11 is 0. The third-order valence-electron chi connectivity index (χ3n) is 1.83. The van der Waals surface area contributed by atoms with E-state index in [2.05, 4.69) is 0 Å². The first kappa shape index (κ1) is 8.18. The minimum atomic E-state index is -0.0257. The van der Waals surface area contributed by atoms with Crippen molar-refractivity contribution in [1.82, 2.24) is 0 Å². The van der Waals surface area contributed by atoms with Gasteiger partial charge in [-0.25, -0.2) is 0 Å². The van der Waals surface area contributed by atoms with E-state index in [0.29, 0.717) is 12.0 Å². The van der Waals surface area contributed by atoms with Crippen LogP contribution in [0.4, 0.5) is 0 Å². The first-order chi connectivity index (χ1) is 5.03. The van der Waals surface area contributed by atoms with Gasteiger partial charge in [0.2, 0.25) is 0 Å². The molecule has 0 aliphatic heterocycles. The Kier molecular flexibility index (Phi) is 1.94. The number of ketones is 1. The molecule has 0 heterocycles. The number of hydrogen-bond donors (Lipinski definition) is 0. The third-order valence-corrected chi connectivity index (χ3v) is 1.83. The molecule has 0 N–H and O–H groups in total. The largest absolute Gasteiger partial charge is 0.298 e. The quantitative estimate of drug-likeness (QED) is 0.533. The fourth-order valence-corrected chi connectivity index (χ4v) is 1.47. The topological polar surface area (TPSA) is 34.1 Å². The van der Waals surface area contributed by atoms with Crippen molar-refractivity contribution in [3.8, 4) is 0 Å². The molecule has 2 nitrogen and oxygen atoms in total. The Labute approximate surface area is 66.3 Å². The molecule has 0 radical (unpaired) electrons. The van der Waals surface area contributed by atoms with Crippen molar-refractivity contribution < 1.29 is 9.59 Å². The molecule has 0 amide bonds. The zero-order chi connectivity index (χ0) is 8.48. The molecule has 0 unspecified atom stereocenters. The van der Waals surface area contributed by atoms with E-state index in [0.717, 1.165) is 12.7 Å². The highest BCUT2D eigenvalue weighted by Crippen LogP contribution is 2.32. The van der Waals surface area contributed by atoms with E-state index in [1.165, 1.54) is 6.08 Å². The number of rotatable bonds is 1. The lowest BCUT2D eigenvalue weighted by Crippen LogP contribution is -2.22. The molecule has 0 aromatic heterocycles. The maximum Gasteiger partial charge on any atom is 0.156 e. The SMILES string of the molecule is CC1(C)CC(=O)C=C(C=O)C1. The Morgan fingerprint density at radius 2 is 2.09 bits per heavy atom. The summed E-state index contributed by atoms with van der Waals surface area (Å²) in [5, 5.41) is 0. The van der Waals surface area contributed by atoms with E-state index in [1.54, 1.807) is 0 Å². The van der Waals surface area contributed by atoms with Gasteiger partial charge in [-0.2, -0.15) is 0 Å². The van der Waals surface area contributed by atoms with Crippen molar-refractivity contribution >= 4 is 12.1 Å². The molecule has 0 spiro atoms. The fourth-order valence-electron chi connectivity index (χ4n) is 1.47. The van der Waals surface area contributed by atoms with Crippen LogP contribution in [0.1, 0.15) is 26.7 Å². The van der Waals surface area contributed by atoms with E-state index in [9.17, 15) is 9.59 Å². The van der Waals surface area contributed by atoms with Crippen molar-refractivity contribution in [3.63, 3.8) is 0 Å². The van der Waals surface area contributed by atoms with E-state index in [-0.39, 0.29) is 11.2 Å². The van der Waals surface area contributed by atoms with Crippen LogP contribution < -0.4 is 0 Å². The van der Waals surface area contributed by atoms with Crippen molar-refractivity contribution in [2.24, 2.45) is 5.41 Å². The molecule has 0 bridgehead atoms. The minimum absolute atomic E-state index is 0.0257. The number of carbonyl (C=O) groups excluding carboxylic acids is 2. The standard InChI is InChI=1S/C9H12O2/c1-9(2)4-7(6-10)3-8(11)5-9/h3,6H,4-5H2,1-2H3. The van der Waals surface area contributed by atoms with Crippen LogP contribution in [0, 0.1) is 5.41 Å². The Hall–Kier alpha value is -0.920. The Balaban J connectivity index is 2.86. The van der Waals surface area contributed by atoms with Crippen molar-refractivity contribution in [1.29, 1.82) is 0 Å². The van der Waals surface area contributed by atoms with Crippen molar-refractivity contribution in [2.75, 3.05) is 0 Å². The van der Waals surface area contributed by atoms with Gasteiger partial charge in [-0.05, 0) is 23.5 Å². The molecule has 1 aliphatic carbocycles. The summed E-state index contributed by atoms with van der Waals surface area (Å²) in [6.45, 7) is 4.00. The summed E-state index contributed by atoms with van der Waals surface area (Å²) in [6.07, 6.45) is 3.52. The van der Waals surface area contributed by atoms with Gasteiger partial charge < -0.3 is 0 Å². The van der Waals surface area contributed by atoms with Gasteiger partial charge in [0.15, 0.2) is 5.78 Å². The summed E-state index contributed by atoms with van der Waals surface area (Å²) in [5.74, 6) is 0.0725. The van der Waals surface area contributed by atoms with Gasteiger partial charge in [0.1, 0.15) is 6.29 Å². The number of carbonyl (C=O) groups is 2. The smallest absolute Gasteiger partial charge is 0.156 e. The zero-order valence-corrected chi connectivity index (χ0v) is 6.89. The molecule has 0 aromatic rings. The van der Waals surface area contributed by atoms with Crippen LogP contribution in [0.15, 0.2) is 11.6 Å². The van der Waals surface area contributed by atoms with Crippen molar-refractivity contribution in [3.05, 3.63) is 11.6 Å². The first-order valence-corrected chi connectivity index (χ1v) is 3.72. The molecular formula is C9H12O2. The molecule has 60 valence electrons. The maximum absolute atomic E-state index is 11.0. The molecular weight excluding hydrogens is 140 g/mol. The lowest BCUT2D eigenvalue weighted by molar-refractivity contribution is -0.117. The Bertz CT molecular complexity index is 224. The monoisotopic (exact) mass is 152 g/mol. The Morgan fingerprint density at radius 3 is 2.55 bits per heavy atom. The lowest BCUT2D eigenvalue weighted by atomic mass is 9.77. The van der Waals surface area contributed by atoms with E-state index >= 15 is 0 Å². The average molecular weight is 152 g/mol. The summed E-state index contributed by atoms with van der Waals surface area (Å²) in [4.78, 5) is 21.4. The van der Waals surface area contributed by atoms with Crippen LogP contribution in [0.3, 0.4) is 0 Å². The van der Waals surface area contributed by atoms with Crippen LogP contribution in [0.5, 0.6) is 0 Å². The second-order valence-electron chi connectivity index (χ2n) is 3.82. The van der Waals surface area contributed by atoms with Gasteiger partial charge in [-0.1, -0.05) is 13.8 Å². The normalized spacial score (nSPS) is 22.7. The van der Waals surface area contributed by atoms with E-state index in [4.69, 9.17) is 0 Å². The maximum atomic E-state index is 11.0. The lowest BCUT2D eigenvalue weighted by Gasteiger charge is -2.26. The molecule has 0 saturated heterocycles. The zero-order valence-electron chi connectivity index (χ0n) is 6.89. The van der Waals surface area contributed by atoms with Gasteiger partial charge in [-0.15, -0.1) is 0 Å². The number of aldehydes is 1. The van der Waals surface area contributed by atoms with Gasteiger partial charge in [-0.3, -0.25) is 9.59 Å². The molecule has 0 fully saturated rings. The highest BCUT2D eigenvalue weighted by Gasteiger charge is 2.26. The van der Waals surface area contributed by atoms with Gasteiger partial charge in [0.25, 0.3) is 0 Å². The number of hydrogen-bond acceptors (Lipinski definition) is 2. The van der Waals surface area contributed by atoms with Crippen molar-refractivity contribution in [2.45, 2.75) is 26.7 Å². The second kappa shape index (κ2) is 2.61. The first-order valence-electron chi connectivity index (χ1n) is 3.72. The summed E-state index contributed by atoms with van der Waals surface area (Å²) in [7, 11) is 0. The van der Waals surface area contributed by atoms with Crippen LogP contribution >= 0.6 is 0 Å². The van der Waals surface area contributed by atoms with Crippen LogP contribution in [0.25, 0.3) is 0 Å². The van der Waals surface area contributed by atoms with Crippen LogP contribution in [-0.4, -0.2) is 12.1 Å². The van der Waals surface area contributed by atoms with Crippen LogP contribution in [0.2, 0.25) is 0 Å². The predicted octanol–water partition coefficient (Wildman–Crippen LogP) is 1.50. The van der Waals surface area contributed by atoms with Gasteiger partial charge >= 0.3 is 0 Å². The average Bonchev–Trinajstić information content (AvgIpc) is 1.83. The Morgan fingerprint density at radius 1 is 1.45 bits per heavy atom. The third kappa shape index (κ3) is 2.00.